The minimum atomic E-state index is 0.0639. The molecule has 0 spiro atoms. The third-order valence-electron chi connectivity index (χ3n) is 3.81. The zero-order valence-electron chi connectivity index (χ0n) is 11.3. The fraction of sp³-hybridized carbons (Fsp3) is 0.533. The van der Waals surface area contributed by atoms with E-state index in [1.807, 2.05) is 24.3 Å². The molecule has 0 heterocycles. The molecule has 0 atom stereocenters. The van der Waals surface area contributed by atoms with Crippen LogP contribution in [-0.2, 0) is 4.79 Å². The molecule has 104 valence electrons. The molecule has 0 radical (unpaired) electrons. The third kappa shape index (κ3) is 3.70. The second-order valence-electron chi connectivity index (χ2n) is 5.12. The molecule has 1 aromatic carbocycles. The van der Waals surface area contributed by atoms with Gasteiger partial charge in [0, 0.05) is 24.3 Å². The fourth-order valence-electron chi connectivity index (χ4n) is 2.55. The number of carbonyl (C=O) groups is 1. The van der Waals surface area contributed by atoms with Crippen LogP contribution in [0.15, 0.2) is 24.3 Å². The highest BCUT2D eigenvalue weighted by molar-refractivity contribution is 5.92. The Morgan fingerprint density at radius 1 is 1.37 bits per heavy atom. The van der Waals surface area contributed by atoms with E-state index in [4.69, 9.17) is 9.84 Å². The number of rotatable bonds is 4. The van der Waals surface area contributed by atoms with Crippen LogP contribution in [0.3, 0.4) is 0 Å². The number of amides is 1. The van der Waals surface area contributed by atoms with Crippen molar-refractivity contribution in [2.75, 3.05) is 19.0 Å². The van der Waals surface area contributed by atoms with Crippen LogP contribution < -0.4 is 10.1 Å². The van der Waals surface area contributed by atoms with Gasteiger partial charge in [-0.3, -0.25) is 4.79 Å². The number of nitrogens with one attached hydrogen (secondary N) is 1. The lowest BCUT2D eigenvalue weighted by atomic mass is 9.82. The highest BCUT2D eigenvalue weighted by Gasteiger charge is 2.25. The topological polar surface area (TPSA) is 58.6 Å². The summed E-state index contributed by atoms with van der Waals surface area (Å²) in [6.45, 7) is 0.240. The standard InChI is InChI=1S/C15H21NO3/c1-19-14-4-2-3-13(9-14)16-15(18)12-7-5-11(10-17)6-8-12/h2-4,9,11-12,17H,5-8,10H2,1H3,(H,16,18). The lowest BCUT2D eigenvalue weighted by Crippen LogP contribution is -2.28. The molecule has 1 aromatic rings. The Bertz CT molecular complexity index is 425. The number of aliphatic hydroxyl groups is 1. The minimum absolute atomic E-state index is 0.0639. The molecule has 4 nitrogen and oxygen atoms in total. The SMILES string of the molecule is COc1cccc(NC(=O)C2CCC(CO)CC2)c1. The molecule has 1 aliphatic rings. The first kappa shape index (κ1) is 13.9. The quantitative estimate of drug-likeness (QED) is 0.877. The first-order chi connectivity index (χ1) is 9.22. The van der Waals surface area contributed by atoms with E-state index >= 15 is 0 Å². The fourth-order valence-corrected chi connectivity index (χ4v) is 2.55. The average molecular weight is 263 g/mol. The van der Waals surface area contributed by atoms with Gasteiger partial charge in [0.2, 0.25) is 5.91 Å². The molecular weight excluding hydrogens is 242 g/mol. The second kappa shape index (κ2) is 6.57. The predicted octanol–water partition coefficient (Wildman–Crippen LogP) is 2.43. The molecular formula is C15H21NO3. The van der Waals surface area contributed by atoms with Crippen molar-refractivity contribution in [1.29, 1.82) is 0 Å². The van der Waals surface area contributed by atoms with Crippen molar-refractivity contribution < 1.29 is 14.6 Å². The van der Waals surface area contributed by atoms with E-state index in [1.54, 1.807) is 7.11 Å². The van der Waals surface area contributed by atoms with Crippen LogP contribution in [0.2, 0.25) is 0 Å². The predicted molar refractivity (Wildman–Crippen MR) is 74.2 cm³/mol. The first-order valence-corrected chi connectivity index (χ1v) is 6.78. The molecule has 1 aliphatic carbocycles. The second-order valence-corrected chi connectivity index (χ2v) is 5.12. The Balaban J connectivity index is 1.90. The lowest BCUT2D eigenvalue weighted by molar-refractivity contribution is -0.121. The first-order valence-electron chi connectivity index (χ1n) is 6.78. The van der Waals surface area contributed by atoms with Crippen LogP contribution >= 0.6 is 0 Å². The smallest absolute Gasteiger partial charge is 0.227 e. The van der Waals surface area contributed by atoms with E-state index in [0.717, 1.165) is 37.1 Å². The van der Waals surface area contributed by atoms with Crippen molar-refractivity contribution >= 4 is 11.6 Å². The van der Waals surface area contributed by atoms with Crippen LogP contribution in [0, 0.1) is 11.8 Å². The van der Waals surface area contributed by atoms with Gasteiger partial charge in [-0.05, 0) is 43.7 Å². The summed E-state index contributed by atoms with van der Waals surface area (Å²) in [6, 6.07) is 7.39. The van der Waals surface area contributed by atoms with Crippen LogP contribution in [0.25, 0.3) is 0 Å². The number of anilines is 1. The summed E-state index contributed by atoms with van der Waals surface area (Å²) in [5.41, 5.74) is 0.772. The Kier molecular flexibility index (Phi) is 4.80. The number of ether oxygens (including phenoxy) is 1. The molecule has 1 saturated carbocycles. The molecule has 0 unspecified atom stereocenters. The van der Waals surface area contributed by atoms with Gasteiger partial charge >= 0.3 is 0 Å². The Hall–Kier alpha value is -1.55. The van der Waals surface area contributed by atoms with Gasteiger partial charge in [-0.1, -0.05) is 6.07 Å². The summed E-state index contributed by atoms with van der Waals surface area (Å²) in [7, 11) is 1.61. The highest BCUT2D eigenvalue weighted by Crippen LogP contribution is 2.29. The summed E-state index contributed by atoms with van der Waals surface area (Å²) >= 11 is 0. The molecule has 1 fully saturated rings. The van der Waals surface area contributed by atoms with E-state index in [2.05, 4.69) is 5.32 Å². The van der Waals surface area contributed by atoms with Crippen molar-refractivity contribution in [1.82, 2.24) is 0 Å². The molecule has 0 saturated heterocycles. The average Bonchev–Trinajstić information content (AvgIpc) is 2.47. The largest absolute Gasteiger partial charge is 0.497 e. The minimum Gasteiger partial charge on any atom is -0.497 e. The van der Waals surface area contributed by atoms with E-state index in [0.29, 0.717) is 5.92 Å². The zero-order chi connectivity index (χ0) is 13.7. The lowest BCUT2D eigenvalue weighted by Gasteiger charge is -2.26. The van der Waals surface area contributed by atoms with Crippen LogP contribution in [0.5, 0.6) is 5.75 Å². The molecule has 0 aromatic heterocycles. The summed E-state index contributed by atoms with van der Waals surface area (Å²) in [5.74, 6) is 1.25. The van der Waals surface area contributed by atoms with Gasteiger partial charge in [-0.2, -0.15) is 0 Å². The summed E-state index contributed by atoms with van der Waals surface area (Å²) in [6.07, 6.45) is 3.60. The maximum Gasteiger partial charge on any atom is 0.227 e. The van der Waals surface area contributed by atoms with Crippen LogP contribution in [-0.4, -0.2) is 24.7 Å². The zero-order valence-corrected chi connectivity index (χ0v) is 11.3. The van der Waals surface area contributed by atoms with Gasteiger partial charge in [0.25, 0.3) is 0 Å². The van der Waals surface area contributed by atoms with Crippen molar-refractivity contribution in [2.45, 2.75) is 25.7 Å². The maximum absolute atomic E-state index is 12.1. The van der Waals surface area contributed by atoms with E-state index in [9.17, 15) is 4.79 Å². The summed E-state index contributed by atoms with van der Waals surface area (Å²) < 4.78 is 5.13. The number of carbonyl (C=O) groups excluding carboxylic acids is 1. The number of hydrogen-bond acceptors (Lipinski definition) is 3. The molecule has 1 amide bonds. The maximum atomic E-state index is 12.1. The summed E-state index contributed by atoms with van der Waals surface area (Å²) in [4.78, 5) is 12.1. The molecule has 2 N–H and O–H groups in total. The van der Waals surface area contributed by atoms with Crippen LogP contribution in [0.1, 0.15) is 25.7 Å². The molecule has 19 heavy (non-hydrogen) atoms. The van der Waals surface area contributed by atoms with Gasteiger partial charge in [0.05, 0.1) is 7.11 Å². The van der Waals surface area contributed by atoms with E-state index in [-0.39, 0.29) is 18.4 Å². The third-order valence-corrected chi connectivity index (χ3v) is 3.81. The Morgan fingerprint density at radius 3 is 2.74 bits per heavy atom. The van der Waals surface area contributed by atoms with Gasteiger partial charge in [-0.15, -0.1) is 0 Å². The number of methoxy groups -OCH3 is 1. The normalized spacial score (nSPS) is 22.8. The highest BCUT2D eigenvalue weighted by atomic mass is 16.5. The van der Waals surface area contributed by atoms with Crippen LogP contribution in [0.4, 0.5) is 5.69 Å². The number of aliphatic hydroxyl groups excluding tert-OH is 1. The van der Waals surface area contributed by atoms with Gasteiger partial charge in [0.15, 0.2) is 0 Å². The Labute approximate surface area is 113 Å². The van der Waals surface area contributed by atoms with Gasteiger partial charge < -0.3 is 15.2 Å². The van der Waals surface area contributed by atoms with Crippen molar-refractivity contribution in [3.8, 4) is 5.75 Å². The van der Waals surface area contributed by atoms with Gasteiger partial charge in [-0.25, -0.2) is 0 Å². The van der Waals surface area contributed by atoms with Crippen molar-refractivity contribution in [3.63, 3.8) is 0 Å². The van der Waals surface area contributed by atoms with E-state index in [1.165, 1.54) is 0 Å². The molecule has 0 bridgehead atoms. The molecule has 4 heteroatoms. The number of hydrogen-bond donors (Lipinski definition) is 2. The monoisotopic (exact) mass is 263 g/mol. The van der Waals surface area contributed by atoms with Crippen molar-refractivity contribution in [2.24, 2.45) is 11.8 Å². The van der Waals surface area contributed by atoms with E-state index < -0.39 is 0 Å². The Morgan fingerprint density at radius 2 is 2.11 bits per heavy atom. The number of benzene rings is 1. The van der Waals surface area contributed by atoms with Crippen molar-refractivity contribution in [3.05, 3.63) is 24.3 Å². The molecule has 0 aliphatic heterocycles. The summed E-state index contributed by atoms with van der Waals surface area (Å²) in [5, 5.41) is 12.0. The molecule has 2 rings (SSSR count). The van der Waals surface area contributed by atoms with Gasteiger partial charge in [0.1, 0.15) is 5.75 Å².